The average Bonchev–Trinajstić information content (AvgIpc) is 3.03. The van der Waals surface area contributed by atoms with E-state index in [0.29, 0.717) is 11.9 Å². The van der Waals surface area contributed by atoms with Gasteiger partial charge in [0, 0.05) is 16.7 Å². The third-order valence-electron chi connectivity index (χ3n) is 4.18. The largest absolute Gasteiger partial charge is 0.294 e. The molecular weight excluding hydrogens is 308 g/mol. The summed E-state index contributed by atoms with van der Waals surface area (Å²) in [5, 5.41) is 13.0. The van der Waals surface area contributed by atoms with E-state index in [-0.39, 0.29) is 11.8 Å². The molecule has 0 unspecified atom stereocenters. The van der Waals surface area contributed by atoms with E-state index >= 15 is 0 Å². The van der Waals surface area contributed by atoms with Crippen LogP contribution in [0, 0.1) is 12.8 Å². The topological polar surface area (TPSA) is 59.8 Å². The number of nitrogens with zero attached hydrogens (tertiary/aromatic N) is 3. The Morgan fingerprint density at radius 1 is 1.30 bits per heavy atom. The van der Waals surface area contributed by atoms with Gasteiger partial charge in [0.1, 0.15) is 6.33 Å². The van der Waals surface area contributed by atoms with Crippen LogP contribution in [0.15, 0.2) is 48.1 Å². The lowest BCUT2D eigenvalue weighted by molar-refractivity contribution is -0.117. The van der Waals surface area contributed by atoms with Crippen molar-refractivity contribution in [3.8, 4) is 5.69 Å². The molecule has 2 aromatic heterocycles. The first-order chi connectivity index (χ1) is 11.2. The summed E-state index contributed by atoms with van der Waals surface area (Å²) in [7, 11) is 0. The summed E-state index contributed by atoms with van der Waals surface area (Å²) in [6, 6.07) is 11.8. The normalized spacial score (nSPS) is 19.5. The van der Waals surface area contributed by atoms with E-state index in [2.05, 4.69) is 33.9 Å². The van der Waals surface area contributed by atoms with Gasteiger partial charge in [0.2, 0.25) is 11.9 Å². The number of para-hydroxylation sites is 1. The van der Waals surface area contributed by atoms with Gasteiger partial charge in [-0.2, -0.15) is 0 Å². The van der Waals surface area contributed by atoms with Crippen molar-refractivity contribution in [1.29, 1.82) is 0 Å². The second-order valence-electron chi connectivity index (χ2n) is 5.77. The first kappa shape index (κ1) is 14.1. The van der Waals surface area contributed by atoms with Crippen LogP contribution >= 0.6 is 11.3 Å². The van der Waals surface area contributed by atoms with Crippen LogP contribution < -0.4 is 5.32 Å². The third kappa shape index (κ3) is 2.66. The summed E-state index contributed by atoms with van der Waals surface area (Å²) in [5.41, 5.74) is 2.21. The van der Waals surface area contributed by atoms with Crippen LogP contribution in [0.2, 0.25) is 0 Å². The monoisotopic (exact) mass is 324 g/mol. The average molecular weight is 324 g/mol. The zero-order valence-corrected chi connectivity index (χ0v) is 13.5. The predicted octanol–water partition coefficient (Wildman–Crippen LogP) is 3.38. The number of amides is 1. The lowest BCUT2D eigenvalue weighted by Gasteiger charge is -2.07. The number of thiophene rings is 1. The van der Waals surface area contributed by atoms with Crippen LogP contribution in [0.25, 0.3) is 5.69 Å². The summed E-state index contributed by atoms with van der Waals surface area (Å²) in [6.07, 6.45) is 2.52. The Bertz CT molecular complexity index is 839. The molecule has 1 fully saturated rings. The lowest BCUT2D eigenvalue weighted by Crippen LogP contribution is -2.17. The van der Waals surface area contributed by atoms with Gasteiger partial charge in [0.25, 0.3) is 0 Å². The van der Waals surface area contributed by atoms with Crippen molar-refractivity contribution in [3.05, 3.63) is 58.5 Å². The van der Waals surface area contributed by atoms with E-state index < -0.39 is 0 Å². The molecule has 116 valence electrons. The minimum absolute atomic E-state index is 0.0213. The Morgan fingerprint density at radius 3 is 2.87 bits per heavy atom. The van der Waals surface area contributed by atoms with Gasteiger partial charge < -0.3 is 0 Å². The van der Waals surface area contributed by atoms with E-state index in [1.165, 1.54) is 10.4 Å². The molecule has 0 bridgehead atoms. The van der Waals surface area contributed by atoms with E-state index in [4.69, 9.17) is 0 Å². The van der Waals surface area contributed by atoms with E-state index in [1.807, 2.05) is 30.3 Å². The molecular formula is C17H16N4OS. The molecule has 2 atom stereocenters. The molecule has 6 heteroatoms. The Morgan fingerprint density at radius 2 is 2.13 bits per heavy atom. The second kappa shape index (κ2) is 5.62. The molecule has 1 aliphatic carbocycles. The lowest BCUT2D eigenvalue weighted by atomic mass is 10.2. The highest BCUT2D eigenvalue weighted by molar-refractivity contribution is 7.10. The Balaban J connectivity index is 1.49. The van der Waals surface area contributed by atoms with Crippen molar-refractivity contribution < 1.29 is 4.79 Å². The molecule has 5 nitrogen and oxygen atoms in total. The predicted molar refractivity (Wildman–Crippen MR) is 89.9 cm³/mol. The molecule has 0 saturated heterocycles. The van der Waals surface area contributed by atoms with Gasteiger partial charge in [0.05, 0.1) is 5.69 Å². The maximum absolute atomic E-state index is 12.5. The molecule has 2 heterocycles. The fourth-order valence-corrected chi connectivity index (χ4v) is 3.95. The number of hydrogen-bond donors (Lipinski definition) is 1. The van der Waals surface area contributed by atoms with Crippen molar-refractivity contribution in [1.82, 2.24) is 14.8 Å². The zero-order valence-electron chi connectivity index (χ0n) is 12.6. The zero-order chi connectivity index (χ0) is 15.8. The molecule has 1 N–H and O–H groups in total. The summed E-state index contributed by atoms with van der Waals surface area (Å²) in [4.78, 5) is 13.8. The molecule has 0 aliphatic heterocycles. The number of nitrogens with one attached hydrogen (secondary N) is 1. The minimum atomic E-state index is 0.0213. The van der Waals surface area contributed by atoms with Gasteiger partial charge in [0.15, 0.2) is 0 Å². The number of anilines is 1. The van der Waals surface area contributed by atoms with Crippen molar-refractivity contribution in [3.63, 3.8) is 0 Å². The highest BCUT2D eigenvalue weighted by Gasteiger charge is 2.45. The number of aromatic nitrogens is 3. The molecule has 1 aliphatic rings. The summed E-state index contributed by atoms with van der Waals surface area (Å²) in [5.74, 6) is 0.874. The van der Waals surface area contributed by atoms with Crippen LogP contribution in [0.4, 0.5) is 5.95 Å². The van der Waals surface area contributed by atoms with E-state index in [9.17, 15) is 4.79 Å². The van der Waals surface area contributed by atoms with Gasteiger partial charge in [-0.1, -0.05) is 18.2 Å². The second-order valence-corrected chi connectivity index (χ2v) is 6.71. The highest BCUT2D eigenvalue weighted by atomic mass is 32.1. The smallest absolute Gasteiger partial charge is 0.235 e. The van der Waals surface area contributed by atoms with Gasteiger partial charge in [-0.15, -0.1) is 21.5 Å². The van der Waals surface area contributed by atoms with Crippen molar-refractivity contribution in [2.24, 2.45) is 5.92 Å². The van der Waals surface area contributed by atoms with Gasteiger partial charge in [-0.25, -0.2) is 0 Å². The molecule has 3 aromatic rings. The Hall–Kier alpha value is -2.47. The maximum atomic E-state index is 12.5. The molecule has 0 spiro atoms. The van der Waals surface area contributed by atoms with Gasteiger partial charge in [-0.05, 0) is 42.5 Å². The number of benzene rings is 1. The summed E-state index contributed by atoms with van der Waals surface area (Å²) < 4.78 is 1.78. The molecule has 0 radical (unpaired) electrons. The van der Waals surface area contributed by atoms with Crippen molar-refractivity contribution >= 4 is 23.2 Å². The molecule has 1 aromatic carbocycles. The fraction of sp³-hybridized carbons (Fsp3) is 0.235. The van der Waals surface area contributed by atoms with Crippen LogP contribution in [-0.4, -0.2) is 20.7 Å². The van der Waals surface area contributed by atoms with Crippen LogP contribution in [0.1, 0.15) is 22.8 Å². The fourth-order valence-electron chi connectivity index (χ4n) is 2.84. The first-order valence-corrected chi connectivity index (χ1v) is 8.42. The number of rotatable bonds is 4. The molecule has 23 heavy (non-hydrogen) atoms. The maximum Gasteiger partial charge on any atom is 0.235 e. The molecule has 1 saturated carbocycles. The van der Waals surface area contributed by atoms with Gasteiger partial charge in [-0.3, -0.25) is 14.7 Å². The number of aryl methyl sites for hydroxylation is 1. The van der Waals surface area contributed by atoms with Crippen LogP contribution in [0.3, 0.4) is 0 Å². The molecule has 4 rings (SSSR count). The Kier molecular flexibility index (Phi) is 3.46. The van der Waals surface area contributed by atoms with Crippen molar-refractivity contribution in [2.75, 3.05) is 5.32 Å². The SMILES string of the molecule is Cc1ccsc1[C@H]1C[C@@H]1C(=O)Nc1nncn1-c1ccccc1. The summed E-state index contributed by atoms with van der Waals surface area (Å²) in [6.45, 7) is 2.10. The number of carbonyl (C=O) groups excluding carboxylic acids is 1. The first-order valence-electron chi connectivity index (χ1n) is 7.54. The van der Waals surface area contributed by atoms with Crippen LogP contribution in [-0.2, 0) is 4.79 Å². The Labute approximate surface area is 138 Å². The van der Waals surface area contributed by atoms with E-state index in [0.717, 1.165) is 12.1 Å². The van der Waals surface area contributed by atoms with Crippen molar-refractivity contribution in [2.45, 2.75) is 19.3 Å². The quantitative estimate of drug-likeness (QED) is 0.800. The van der Waals surface area contributed by atoms with Crippen LogP contribution in [0.5, 0.6) is 0 Å². The van der Waals surface area contributed by atoms with E-state index in [1.54, 1.807) is 22.2 Å². The number of carbonyl (C=O) groups is 1. The molecule has 1 amide bonds. The summed E-state index contributed by atoms with van der Waals surface area (Å²) >= 11 is 1.74. The third-order valence-corrected chi connectivity index (χ3v) is 5.33. The number of hydrogen-bond acceptors (Lipinski definition) is 4. The minimum Gasteiger partial charge on any atom is -0.294 e. The van der Waals surface area contributed by atoms with Gasteiger partial charge >= 0.3 is 0 Å². The highest BCUT2D eigenvalue weighted by Crippen LogP contribution is 2.50. The standard InChI is InChI=1S/C17H16N4OS/c1-11-7-8-23-15(11)13-9-14(13)16(22)19-17-20-18-10-21(17)12-5-3-2-4-6-12/h2-8,10,13-14H,9H2,1H3,(H,19,20,22)/t13-,14-/m0/s1.